The molecule has 0 atom stereocenters. The third-order valence-corrected chi connectivity index (χ3v) is 2.50. The Balaban J connectivity index is 2.87. The van der Waals surface area contributed by atoms with Crippen molar-refractivity contribution in [1.82, 2.24) is 0 Å². The maximum Gasteiger partial charge on any atom is 0.102 e. The summed E-state index contributed by atoms with van der Waals surface area (Å²) in [6.45, 7) is 4.51. The van der Waals surface area contributed by atoms with E-state index in [1.165, 1.54) is 5.54 Å². The number of nitrogens with one attached hydrogen (secondary N) is 1. The number of hydrogen-bond donors (Lipinski definition) is 1. The van der Waals surface area contributed by atoms with E-state index in [0.29, 0.717) is 12.1 Å². The first-order valence-electron chi connectivity index (χ1n) is 4.68. The first kappa shape index (κ1) is 11.6. The van der Waals surface area contributed by atoms with Gasteiger partial charge in [-0.2, -0.15) is 5.26 Å². The van der Waals surface area contributed by atoms with E-state index in [-0.39, 0.29) is 0 Å². The molecule has 0 fully saturated rings. The summed E-state index contributed by atoms with van der Waals surface area (Å²) < 4.78 is 0. The van der Waals surface area contributed by atoms with Crippen molar-refractivity contribution in [3.63, 3.8) is 0 Å². The van der Waals surface area contributed by atoms with Gasteiger partial charge < -0.3 is 5.32 Å². The van der Waals surface area contributed by atoms with Gasteiger partial charge in [-0.3, -0.25) is 0 Å². The Hall–Kier alpha value is -1.46. The highest BCUT2D eigenvalue weighted by atomic mass is 35.5. The van der Waals surface area contributed by atoms with E-state index in [2.05, 4.69) is 11.4 Å². The minimum Gasteiger partial charge on any atom is -0.380 e. The predicted octanol–water partition coefficient (Wildman–Crippen LogP) is 3.42. The highest BCUT2D eigenvalue weighted by Gasteiger charge is 2.03. The minimum absolute atomic E-state index is 0.654. The van der Waals surface area contributed by atoms with Gasteiger partial charge in [0, 0.05) is 12.1 Å². The molecule has 0 amide bonds. The van der Waals surface area contributed by atoms with Crippen LogP contribution in [-0.4, -0.2) is 6.54 Å². The molecule has 0 aromatic heterocycles. The lowest BCUT2D eigenvalue weighted by Crippen LogP contribution is -2.04. The van der Waals surface area contributed by atoms with Crippen LogP contribution in [0.3, 0.4) is 0 Å². The maximum absolute atomic E-state index is 8.99. The molecule has 1 N–H and O–H groups in total. The van der Waals surface area contributed by atoms with Crippen molar-refractivity contribution in [3.8, 4) is 6.07 Å². The van der Waals surface area contributed by atoms with E-state index in [1.54, 1.807) is 0 Å². The minimum atomic E-state index is 0.654. The summed E-state index contributed by atoms with van der Waals surface area (Å²) in [5.41, 5.74) is 5.10. The van der Waals surface area contributed by atoms with Crippen LogP contribution in [0.1, 0.15) is 18.1 Å². The molecular formula is C12H13ClN2. The Morgan fingerprint density at radius 1 is 1.60 bits per heavy atom. The molecule has 2 nitrogen and oxygen atoms in total. The molecule has 0 saturated heterocycles. The average molecular weight is 221 g/mol. The Morgan fingerprint density at radius 3 is 2.93 bits per heavy atom. The second-order valence-electron chi connectivity index (χ2n) is 3.42. The van der Waals surface area contributed by atoms with Gasteiger partial charge in [0.25, 0.3) is 0 Å². The maximum atomic E-state index is 8.99. The average Bonchev–Trinajstić information content (AvgIpc) is 2.25. The SMILES string of the molecule is C/C(=C/Cl)CNc1cccc(C)c1C#N. The number of nitriles is 1. The highest BCUT2D eigenvalue weighted by molar-refractivity contribution is 6.25. The quantitative estimate of drug-likeness (QED) is 0.847. The zero-order valence-corrected chi connectivity index (χ0v) is 9.60. The molecule has 0 aliphatic rings. The number of hydrogen-bond acceptors (Lipinski definition) is 2. The Morgan fingerprint density at radius 2 is 2.33 bits per heavy atom. The molecule has 3 heteroatoms. The summed E-state index contributed by atoms with van der Waals surface area (Å²) in [5, 5.41) is 12.2. The Labute approximate surface area is 95.2 Å². The molecular weight excluding hydrogens is 208 g/mol. The molecule has 0 unspecified atom stereocenters. The Bertz CT molecular complexity index is 416. The first-order chi connectivity index (χ1) is 7.19. The van der Waals surface area contributed by atoms with Gasteiger partial charge >= 0.3 is 0 Å². The molecule has 1 aromatic rings. The van der Waals surface area contributed by atoms with Crippen molar-refractivity contribution in [2.45, 2.75) is 13.8 Å². The van der Waals surface area contributed by atoms with E-state index in [9.17, 15) is 0 Å². The van der Waals surface area contributed by atoms with Gasteiger partial charge in [-0.1, -0.05) is 23.7 Å². The molecule has 0 aliphatic carbocycles. The lowest BCUT2D eigenvalue weighted by molar-refractivity contribution is 1.20. The van der Waals surface area contributed by atoms with E-state index in [4.69, 9.17) is 16.9 Å². The molecule has 0 heterocycles. The largest absolute Gasteiger partial charge is 0.380 e. The molecule has 0 spiro atoms. The second-order valence-corrected chi connectivity index (χ2v) is 3.64. The summed E-state index contributed by atoms with van der Waals surface area (Å²) in [5.74, 6) is 0. The normalized spacial score (nSPS) is 10.9. The van der Waals surface area contributed by atoms with Gasteiger partial charge in [0.15, 0.2) is 0 Å². The van der Waals surface area contributed by atoms with Crippen LogP contribution in [0.15, 0.2) is 29.3 Å². The van der Waals surface area contributed by atoms with Crippen molar-refractivity contribution < 1.29 is 0 Å². The topological polar surface area (TPSA) is 35.8 Å². The van der Waals surface area contributed by atoms with Gasteiger partial charge in [0.2, 0.25) is 0 Å². The fourth-order valence-electron chi connectivity index (χ4n) is 1.24. The number of aryl methyl sites for hydroxylation is 1. The fraction of sp³-hybridized carbons (Fsp3) is 0.250. The van der Waals surface area contributed by atoms with Crippen LogP contribution in [0, 0.1) is 18.3 Å². The van der Waals surface area contributed by atoms with Crippen molar-refractivity contribution >= 4 is 17.3 Å². The van der Waals surface area contributed by atoms with E-state index < -0.39 is 0 Å². The third kappa shape index (κ3) is 3.00. The van der Waals surface area contributed by atoms with Crippen molar-refractivity contribution in [2.24, 2.45) is 0 Å². The summed E-state index contributed by atoms with van der Waals surface area (Å²) in [6, 6.07) is 7.94. The van der Waals surface area contributed by atoms with Gasteiger partial charge in [-0.05, 0) is 31.1 Å². The number of halogens is 1. The number of rotatable bonds is 3. The summed E-state index contributed by atoms with van der Waals surface area (Å²) >= 11 is 5.56. The highest BCUT2D eigenvalue weighted by Crippen LogP contribution is 2.18. The summed E-state index contributed by atoms with van der Waals surface area (Å²) in [7, 11) is 0. The molecule has 78 valence electrons. The van der Waals surface area contributed by atoms with Crippen LogP contribution in [0.4, 0.5) is 5.69 Å². The van der Waals surface area contributed by atoms with Crippen LogP contribution in [0.2, 0.25) is 0 Å². The monoisotopic (exact) mass is 220 g/mol. The van der Waals surface area contributed by atoms with Crippen LogP contribution in [0.25, 0.3) is 0 Å². The molecule has 1 rings (SSSR count). The van der Waals surface area contributed by atoms with Crippen molar-refractivity contribution in [3.05, 3.63) is 40.4 Å². The predicted molar refractivity (Wildman–Crippen MR) is 64.0 cm³/mol. The molecule has 0 bridgehead atoms. The number of benzene rings is 1. The van der Waals surface area contributed by atoms with E-state index in [1.807, 2.05) is 32.0 Å². The van der Waals surface area contributed by atoms with Crippen LogP contribution in [0.5, 0.6) is 0 Å². The zero-order valence-electron chi connectivity index (χ0n) is 8.84. The summed E-state index contributed by atoms with van der Waals surface area (Å²) in [4.78, 5) is 0. The van der Waals surface area contributed by atoms with Crippen molar-refractivity contribution in [1.29, 1.82) is 5.26 Å². The lowest BCUT2D eigenvalue weighted by Gasteiger charge is -2.09. The van der Waals surface area contributed by atoms with Crippen LogP contribution < -0.4 is 5.32 Å². The van der Waals surface area contributed by atoms with Crippen LogP contribution >= 0.6 is 11.6 Å². The first-order valence-corrected chi connectivity index (χ1v) is 5.12. The van der Waals surface area contributed by atoms with E-state index in [0.717, 1.165) is 16.8 Å². The standard InChI is InChI=1S/C12H13ClN2/c1-9(6-13)8-15-12-5-3-4-10(2)11(12)7-14/h3-6,15H,8H2,1-2H3/b9-6-. The lowest BCUT2D eigenvalue weighted by atomic mass is 10.1. The molecule has 0 radical (unpaired) electrons. The third-order valence-electron chi connectivity index (χ3n) is 2.13. The number of nitrogens with zero attached hydrogens (tertiary/aromatic N) is 1. The van der Waals surface area contributed by atoms with Gasteiger partial charge in [-0.15, -0.1) is 0 Å². The van der Waals surface area contributed by atoms with Crippen LogP contribution in [-0.2, 0) is 0 Å². The fourth-order valence-corrected chi connectivity index (χ4v) is 1.31. The van der Waals surface area contributed by atoms with E-state index >= 15 is 0 Å². The summed E-state index contributed by atoms with van der Waals surface area (Å²) in [6.07, 6.45) is 0. The van der Waals surface area contributed by atoms with Crippen molar-refractivity contribution in [2.75, 3.05) is 11.9 Å². The molecule has 1 aromatic carbocycles. The van der Waals surface area contributed by atoms with Gasteiger partial charge in [0.1, 0.15) is 6.07 Å². The molecule has 15 heavy (non-hydrogen) atoms. The zero-order chi connectivity index (χ0) is 11.3. The smallest absolute Gasteiger partial charge is 0.102 e. The Kier molecular flexibility index (Phi) is 4.20. The molecule has 0 aliphatic heterocycles. The van der Waals surface area contributed by atoms with Gasteiger partial charge in [-0.25, -0.2) is 0 Å². The molecule has 0 saturated carbocycles. The number of anilines is 1. The second kappa shape index (κ2) is 5.43. The van der Waals surface area contributed by atoms with Gasteiger partial charge in [0.05, 0.1) is 11.3 Å².